The summed E-state index contributed by atoms with van der Waals surface area (Å²) in [5.74, 6) is -0.497. The zero-order valence-electron chi connectivity index (χ0n) is 14.9. The van der Waals surface area contributed by atoms with Gasteiger partial charge in [-0.25, -0.2) is 4.79 Å². The summed E-state index contributed by atoms with van der Waals surface area (Å²) in [6.07, 6.45) is 2.70. The number of carbonyl (C=O) groups is 1. The van der Waals surface area contributed by atoms with E-state index in [0.29, 0.717) is 24.5 Å². The van der Waals surface area contributed by atoms with Gasteiger partial charge in [-0.15, -0.1) is 0 Å². The van der Waals surface area contributed by atoms with E-state index < -0.39 is 5.97 Å². The minimum atomic E-state index is -0.948. The van der Waals surface area contributed by atoms with Crippen molar-refractivity contribution in [1.29, 1.82) is 0 Å². The molecule has 6 heteroatoms. The number of hydrogen-bond donors (Lipinski definition) is 1. The highest BCUT2D eigenvalue weighted by Crippen LogP contribution is 2.20. The lowest BCUT2D eigenvalue weighted by molar-refractivity contribution is -0.0437. The van der Waals surface area contributed by atoms with Crippen molar-refractivity contribution in [1.82, 2.24) is 9.80 Å². The SMILES string of the molecule is CC1CN(C2CCN(CCOc3ccccc3C(=O)O)CC2)CCO1. The molecule has 0 radical (unpaired) electrons. The molecule has 2 heterocycles. The molecule has 1 atom stereocenters. The van der Waals surface area contributed by atoms with Gasteiger partial charge >= 0.3 is 5.97 Å². The summed E-state index contributed by atoms with van der Waals surface area (Å²) in [4.78, 5) is 16.2. The van der Waals surface area contributed by atoms with Crippen LogP contribution in [0.5, 0.6) is 5.75 Å². The molecule has 25 heavy (non-hydrogen) atoms. The number of likely N-dealkylation sites (tertiary alicyclic amines) is 1. The van der Waals surface area contributed by atoms with Crippen LogP contribution in [0.4, 0.5) is 0 Å². The third-order valence-corrected chi connectivity index (χ3v) is 5.13. The molecule has 0 spiro atoms. The van der Waals surface area contributed by atoms with Crippen molar-refractivity contribution in [3.8, 4) is 5.75 Å². The van der Waals surface area contributed by atoms with Gasteiger partial charge in [0.05, 0.1) is 12.7 Å². The van der Waals surface area contributed by atoms with Crippen molar-refractivity contribution in [3.05, 3.63) is 29.8 Å². The van der Waals surface area contributed by atoms with Crippen LogP contribution < -0.4 is 4.74 Å². The molecule has 2 aliphatic rings. The van der Waals surface area contributed by atoms with E-state index in [1.54, 1.807) is 24.3 Å². The fourth-order valence-electron chi connectivity index (χ4n) is 3.74. The molecule has 1 aromatic carbocycles. The van der Waals surface area contributed by atoms with E-state index in [2.05, 4.69) is 16.7 Å². The predicted octanol–water partition coefficient (Wildman–Crippen LogP) is 1.95. The van der Waals surface area contributed by atoms with E-state index in [9.17, 15) is 9.90 Å². The number of ether oxygens (including phenoxy) is 2. The van der Waals surface area contributed by atoms with Crippen molar-refractivity contribution in [3.63, 3.8) is 0 Å². The first-order valence-corrected chi connectivity index (χ1v) is 9.16. The zero-order chi connectivity index (χ0) is 17.6. The van der Waals surface area contributed by atoms with Gasteiger partial charge < -0.3 is 14.6 Å². The first kappa shape index (κ1) is 18.2. The van der Waals surface area contributed by atoms with Gasteiger partial charge in [0.1, 0.15) is 17.9 Å². The normalized spacial score (nSPS) is 23.5. The maximum Gasteiger partial charge on any atom is 0.339 e. The fourth-order valence-corrected chi connectivity index (χ4v) is 3.74. The van der Waals surface area contributed by atoms with Crippen molar-refractivity contribution in [2.75, 3.05) is 45.9 Å². The standard InChI is InChI=1S/C19H28N2O4/c1-15-14-21(11-13-24-15)16-6-8-20(9-7-16)10-12-25-18-5-3-2-4-17(18)19(22)23/h2-5,15-16H,6-14H2,1H3,(H,22,23). The Morgan fingerprint density at radius 1 is 1.28 bits per heavy atom. The van der Waals surface area contributed by atoms with Crippen molar-refractivity contribution in [2.24, 2.45) is 0 Å². The zero-order valence-corrected chi connectivity index (χ0v) is 14.9. The van der Waals surface area contributed by atoms with Crippen molar-refractivity contribution >= 4 is 5.97 Å². The first-order chi connectivity index (χ1) is 12.1. The van der Waals surface area contributed by atoms with Gasteiger partial charge in [-0.1, -0.05) is 12.1 Å². The smallest absolute Gasteiger partial charge is 0.339 e. The molecule has 138 valence electrons. The van der Waals surface area contributed by atoms with Crippen LogP contribution >= 0.6 is 0 Å². The van der Waals surface area contributed by atoms with Crippen LogP contribution in [0, 0.1) is 0 Å². The lowest BCUT2D eigenvalue weighted by Gasteiger charge is -2.41. The maximum atomic E-state index is 11.2. The van der Waals surface area contributed by atoms with E-state index in [1.807, 2.05) is 0 Å². The number of benzene rings is 1. The van der Waals surface area contributed by atoms with Gasteiger partial charge in [-0.2, -0.15) is 0 Å². The van der Waals surface area contributed by atoms with Crippen molar-refractivity contribution in [2.45, 2.75) is 31.9 Å². The number of hydrogen-bond acceptors (Lipinski definition) is 5. The average molecular weight is 348 g/mol. The van der Waals surface area contributed by atoms with E-state index in [1.165, 1.54) is 12.8 Å². The Morgan fingerprint density at radius 2 is 2.04 bits per heavy atom. The van der Waals surface area contributed by atoms with Gasteiger partial charge in [-0.05, 0) is 45.0 Å². The van der Waals surface area contributed by atoms with Crippen LogP contribution in [0.15, 0.2) is 24.3 Å². The Labute approximate surface area is 149 Å². The number of morpholine rings is 1. The third kappa shape index (κ3) is 4.93. The summed E-state index contributed by atoms with van der Waals surface area (Å²) in [7, 11) is 0. The van der Waals surface area contributed by atoms with Crippen LogP contribution in [-0.2, 0) is 4.74 Å². The number of rotatable bonds is 6. The molecule has 0 aliphatic carbocycles. The van der Waals surface area contributed by atoms with Crippen molar-refractivity contribution < 1.29 is 19.4 Å². The number of nitrogens with zero attached hydrogens (tertiary/aromatic N) is 2. The molecule has 2 saturated heterocycles. The molecule has 0 amide bonds. The first-order valence-electron chi connectivity index (χ1n) is 9.16. The van der Waals surface area contributed by atoms with Gasteiger partial charge in [-0.3, -0.25) is 9.80 Å². The van der Waals surface area contributed by atoms with E-state index >= 15 is 0 Å². The minimum absolute atomic E-state index is 0.225. The Hall–Kier alpha value is -1.63. The maximum absolute atomic E-state index is 11.2. The minimum Gasteiger partial charge on any atom is -0.491 e. The van der Waals surface area contributed by atoms with E-state index in [-0.39, 0.29) is 5.56 Å². The number of para-hydroxylation sites is 1. The van der Waals surface area contributed by atoms with E-state index in [0.717, 1.165) is 39.3 Å². The second-order valence-corrected chi connectivity index (χ2v) is 6.90. The summed E-state index contributed by atoms with van der Waals surface area (Å²) < 4.78 is 11.3. The van der Waals surface area contributed by atoms with Gasteiger partial charge in [0.15, 0.2) is 0 Å². The average Bonchev–Trinajstić information content (AvgIpc) is 2.62. The largest absolute Gasteiger partial charge is 0.491 e. The van der Waals surface area contributed by atoms with Gasteiger partial charge in [0, 0.05) is 25.7 Å². The topological polar surface area (TPSA) is 62.2 Å². The molecular formula is C19H28N2O4. The molecule has 6 nitrogen and oxygen atoms in total. The van der Waals surface area contributed by atoms with Crippen LogP contribution in [0.1, 0.15) is 30.1 Å². The second-order valence-electron chi connectivity index (χ2n) is 6.90. The third-order valence-electron chi connectivity index (χ3n) is 5.13. The molecule has 3 rings (SSSR count). The second kappa shape index (κ2) is 8.65. The monoisotopic (exact) mass is 348 g/mol. The quantitative estimate of drug-likeness (QED) is 0.848. The molecule has 0 saturated carbocycles. The molecular weight excluding hydrogens is 320 g/mol. The molecule has 1 N–H and O–H groups in total. The number of piperidine rings is 1. The highest BCUT2D eigenvalue weighted by molar-refractivity contribution is 5.90. The fraction of sp³-hybridized carbons (Fsp3) is 0.632. The summed E-state index contributed by atoms with van der Waals surface area (Å²) >= 11 is 0. The van der Waals surface area contributed by atoms with Crippen LogP contribution in [0.2, 0.25) is 0 Å². The molecule has 2 fully saturated rings. The van der Waals surface area contributed by atoms with Crippen LogP contribution in [-0.4, -0.2) is 79.0 Å². The Morgan fingerprint density at radius 3 is 2.76 bits per heavy atom. The van der Waals surface area contributed by atoms with Gasteiger partial charge in [0.2, 0.25) is 0 Å². The van der Waals surface area contributed by atoms with E-state index in [4.69, 9.17) is 9.47 Å². The number of aromatic carboxylic acids is 1. The molecule has 1 unspecified atom stereocenters. The lowest BCUT2D eigenvalue weighted by atomic mass is 10.0. The lowest BCUT2D eigenvalue weighted by Crippen LogP contribution is -2.51. The predicted molar refractivity (Wildman–Crippen MR) is 95.3 cm³/mol. The Kier molecular flexibility index (Phi) is 6.29. The summed E-state index contributed by atoms with van der Waals surface area (Å²) in [5, 5.41) is 9.18. The molecule has 0 bridgehead atoms. The molecule has 0 aromatic heterocycles. The van der Waals surface area contributed by atoms with Crippen LogP contribution in [0.3, 0.4) is 0 Å². The highest BCUT2D eigenvalue weighted by Gasteiger charge is 2.27. The Balaban J connectivity index is 1.40. The molecule has 2 aliphatic heterocycles. The summed E-state index contributed by atoms with van der Waals surface area (Å²) in [5.41, 5.74) is 0.225. The Bertz CT molecular complexity index is 572. The number of carboxylic acids is 1. The molecule has 1 aromatic rings. The summed E-state index contributed by atoms with van der Waals surface area (Å²) in [6, 6.07) is 7.47. The highest BCUT2D eigenvalue weighted by atomic mass is 16.5. The summed E-state index contributed by atoms with van der Waals surface area (Å²) in [6.45, 7) is 8.57. The number of carboxylic acid groups (broad SMARTS) is 1. The van der Waals surface area contributed by atoms with Gasteiger partial charge in [0.25, 0.3) is 0 Å². The van der Waals surface area contributed by atoms with Crippen LogP contribution in [0.25, 0.3) is 0 Å².